The summed E-state index contributed by atoms with van der Waals surface area (Å²) >= 11 is 13.6. The number of halogens is 2. The number of aromatic nitrogens is 1. The summed E-state index contributed by atoms with van der Waals surface area (Å²) in [4.78, 5) is 12.3. The standard InChI is InChI=1S/C22H26Cl2N2O3S/c1-14-19(24)20(30-26-14)25-18(27)11-15-3-5-16(6-4-15)21(2)28-12-22(13-29-21)9-7-17(23)8-10-22/h3-6,17H,7-13H2,1-2H3,(H,25,27). The largest absolute Gasteiger partial charge is 0.345 e. The second-order valence-corrected chi connectivity index (χ2v) is 10.3. The number of carbonyl (C=O) groups excluding carboxylic acids is 1. The first-order valence-corrected chi connectivity index (χ1v) is 11.8. The molecule has 1 saturated carbocycles. The fourth-order valence-electron chi connectivity index (χ4n) is 4.03. The lowest BCUT2D eigenvalue weighted by molar-refractivity contribution is -0.307. The van der Waals surface area contributed by atoms with Crippen LogP contribution >= 0.6 is 34.7 Å². The van der Waals surface area contributed by atoms with E-state index in [2.05, 4.69) is 9.69 Å². The van der Waals surface area contributed by atoms with Gasteiger partial charge in [0.1, 0.15) is 5.00 Å². The molecule has 1 aromatic heterocycles. The van der Waals surface area contributed by atoms with Crippen molar-refractivity contribution in [3.8, 4) is 0 Å². The first-order chi connectivity index (χ1) is 14.3. The molecule has 2 aliphatic rings. The number of ether oxygens (including phenoxy) is 2. The lowest BCUT2D eigenvalue weighted by atomic mass is 9.74. The van der Waals surface area contributed by atoms with E-state index in [9.17, 15) is 4.79 Å². The lowest BCUT2D eigenvalue weighted by Gasteiger charge is -2.47. The van der Waals surface area contributed by atoms with Crippen LogP contribution in [0.4, 0.5) is 5.00 Å². The molecule has 162 valence electrons. The minimum absolute atomic E-state index is 0.0964. The van der Waals surface area contributed by atoms with Gasteiger partial charge in [-0.15, -0.1) is 11.6 Å². The minimum Gasteiger partial charge on any atom is -0.345 e. The fourth-order valence-corrected chi connectivity index (χ4v) is 5.20. The summed E-state index contributed by atoms with van der Waals surface area (Å²) in [5.41, 5.74) is 2.68. The second-order valence-electron chi connectivity index (χ2n) is 8.53. The number of hydrogen-bond donors (Lipinski definition) is 1. The molecule has 1 aliphatic carbocycles. The van der Waals surface area contributed by atoms with Crippen LogP contribution in [0.5, 0.6) is 0 Å². The maximum absolute atomic E-state index is 12.3. The molecule has 1 aromatic carbocycles. The molecule has 0 atom stereocenters. The number of benzene rings is 1. The zero-order valence-electron chi connectivity index (χ0n) is 17.2. The molecule has 1 N–H and O–H groups in total. The third kappa shape index (κ3) is 4.68. The molecule has 4 rings (SSSR count). The van der Waals surface area contributed by atoms with Gasteiger partial charge in [0.2, 0.25) is 5.91 Å². The highest BCUT2D eigenvalue weighted by molar-refractivity contribution is 7.11. The Balaban J connectivity index is 1.35. The highest BCUT2D eigenvalue weighted by atomic mass is 35.5. The number of carbonyl (C=O) groups is 1. The van der Waals surface area contributed by atoms with Crippen LogP contribution in [0.2, 0.25) is 5.02 Å². The molecule has 1 saturated heterocycles. The summed E-state index contributed by atoms with van der Waals surface area (Å²) in [7, 11) is 0. The zero-order chi connectivity index (χ0) is 21.4. The zero-order valence-corrected chi connectivity index (χ0v) is 19.5. The summed E-state index contributed by atoms with van der Waals surface area (Å²) in [5, 5.41) is 4.20. The predicted octanol–water partition coefficient (Wildman–Crippen LogP) is 5.67. The Morgan fingerprint density at radius 3 is 2.43 bits per heavy atom. The smallest absolute Gasteiger partial charge is 0.229 e. The number of aryl methyl sites for hydroxylation is 1. The Bertz CT molecular complexity index is 898. The van der Waals surface area contributed by atoms with Crippen LogP contribution in [-0.2, 0) is 26.5 Å². The first kappa shape index (κ1) is 22.0. The van der Waals surface area contributed by atoms with E-state index < -0.39 is 5.79 Å². The van der Waals surface area contributed by atoms with Crippen molar-refractivity contribution in [1.82, 2.24) is 4.37 Å². The van der Waals surface area contributed by atoms with E-state index in [1.165, 1.54) is 11.5 Å². The van der Waals surface area contributed by atoms with Gasteiger partial charge in [0.25, 0.3) is 0 Å². The Morgan fingerprint density at radius 2 is 1.87 bits per heavy atom. The summed E-state index contributed by atoms with van der Waals surface area (Å²) in [6.45, 7) is 5.15. The number of alkyl halides is 1. The van der Waals surface area contributed by atoms with Gasteiger partial charge >= 0.3 is 0 Å². The third-order valence-corrected chi connectivity index (χ3v) is 8.04. The Labute approximate surface area is 191 Å². The van der Waals surface area contributed by atoms with Gasteiger partial charge in [0.15, 0.2) is 5.79 Å². The van der Waals surface area contributed by atoms with Crippen molar-refractivity contribution in [2.24, 2.45) is 5.41 Å². The number of nitrogens with one attached hydrogen (secondary N) is 1. The van der Waals surface area contributed by atoms with Crippen LogP contribution < -0.4 is 5.32 Å². The third-order valence-electron chi connectivity index (χ3n) is 6.17. The number of hydrogen-bond acceptors (Lipinski definition) is 5. The van der Waals surface area contributed by atoms with E-state index in [-0.39, 0.29) is 23.1 Å². The molecule has 5 nitrogen and oxygen atoms in total. The van der Waals surface area contributed by atoms with Gasteiger partial charge in [0, 0.05) is 16.4 Å². The summed E-state index contributed by atoms with van der Waals surface area (Å²) < 4.78 is 16.6. The number of rotatable bonds is 4. The number of anilines is 1. The van der Waals surface area contributed by atoms with E-state index >= 15 is 0 Å². The van der Waals surface area contributed by atoms with E-state index in [1.807, 2.05) is 38.1 Å². The van der Waals surface area contributed by atoms with Gasteiger partial charge in [-0.2, -0.15) is 4.37 Å². The SMILES string of the molecule is Cc1nsc(NC(=O)Cc2ccc(C3(C)OCC4(CCC(Cl)CC4)CO3)cc2)c1Cl. The highest BCUT2D eigenvalue weighted by Crippen LogP contribution is 2.45. The molecule has 2 fully saturated rings. The van der Waals surface area contributed by atoms with E-state index in [0.717, 1.165) is 42.5 Å². The van der Waals surface area contributed by atoms with Crippen LogP contribution in [0.25, 0.3) is 0 Å². The second kappa shape index (κ2) is 8.75. The van der Waals surface area contributed by atoms with Crippen LogP contribution in [-0.4, -0.2) is 28.9 Å². The Kier molecular flexibility index (Phi) is 6.43. The van der Waals surface area contributed by atoms with Crippen molar-refractivity contribution in [2.45, 2.75) is 57.1 Å². The summed E-state index contributed by atoms with van der Waals surface area (Å²) in [5.74, 6) is -0.890. The average molecular weight is 469 g/mol. The Morgan fingerprint density at radius 1 is 1.23 bits per heavy atom. The maximum atomic E-state index is 12.3. The van der Waals surface area contributed by atoms with Crippen LogP contribution in [0.15, 0.2) is 24.3 Å². The number of amides is 1. The molecule has 2 heterocycles. The van der Waals surface area contributed by atoms with E-state index in [0.29, 0.717) is 23.2 Å². The van der Waals surface area contributed by atoms with E-state index in [1.54, 1.807) is 0 Å². The van der Waals surface area contributed by atoms with Crippen molar-refractivity contribution in [3.63, 3.8) is 0 Å². The topological polar surface area (TPSA) is 60.5 Å². The summed E-state index contributed by atoms with van der Waals surface area (Å²) in [6, 6.07) is 7.82. The van der Waals surface area contributed by atoms with E-state index in [4.69, 9.17) is 32.7 Å². The van der Waals surface area contributed by atoms with Crippen LogP contribution in [0.3, 0.4) is 0 Å². The number of nitrogens with zero attached hydrogens (tertiary/aromatic N) is 1. The average Bonchev–Trinajstić information content (AvgIpc) is 3.05. The van der Waals surface area contributed by atoms with Gasteiger partial charge in [-0.3, -0.25) is 4.79 Å². The highest BCUT2D eigenvalue weighted by Gasteiger charge is 2.44. The molecule has 30 heavy (non-hydrogen) atoms. The van der Waals surface area contributed by atoms with Crippen LogP contribution in [0, 0.1) is 12.3 Å². The molecule has 0 unspecified atom stereocenters. The molecule has 0 radical (unpaired) electrons. The molecular weight excluding hydrogens is 443 g/mol. The summed E-state index contributed by atoms with van der Waals surface area (Å²) in [6.07, 6.45) is 4.40. The fraction of sp³-hybridized carbons (Fsp3) is 0.545. The minimum atomic E-state index is -0.766. The van der Waals surface area contributed by atoms with Gasteiger partial charge in [-0.1, -0.05) is 35.9 Å². The molecule has 1 spiro atoms. The van der Waals surface area contributed by atoms with Crippen molar-refractivity contribution in [3.05, 3.63) is 46.1 Å². The van der Waals surface area contributed by atoms with Gasteiger partial charge in [0.05, 0.1) is 30.4 Å². The molecule has 1 amide bonds. The Hall–Kier alpha value is -1.18. The molecule has 0 bridgehead atoms. The van der Waals surface area contributed by atoms with Crippen molar-refractivity contribution >= 4 is 45.6 Å². The normalized spacial score (nSPS) is 29.1. The van der Waals surface area contributed by atoms with Gasteiger partial charge in [-0.05, 0) is 56.6 Å². The quantitative estimate of drug-likeness (QED) is 0.586. The van der Waals surface area contributed by atoms with Crippen molar-refractivity contribution < 1.29 is 14.3 Å². The van der Waals surface area contributed by atoms with Crippen molar-refractivity contribution in [1.29, 1.82) is 0 Å². The maximum Gasteiger partial charge on any atom is 0.229 e. The van der Waals surface area contributed by atoms with Crippen molar-refractivity contribution in [2.75, 3.05) is 18.5 Å². The lowest BCUT2D eigenvalue weighted by Crippen LogP contribution is -2.48. The van der Waals surface area contributed by atoms with Gasteiger partial charge in [-0.25, -0.2) is 0 Å². The van der Waals surface area contributed by atoms with Gasteiger partial charge < -0.3 is 14.8 Å². The predicted molar refractivity (Wildman–Crippen MR) is 120 cm³/mol. The molecule has 8 heteroatoms. The monoisotopic (exact) mass is 468 g/mol. The van der Waals surface area contributed by atoms with Crippen LogP contribution in [0.1, 0.15) is 49.4 Å². The molecular formula is C22H26Cl2N2O3S. The molecule has 2 aromatic rings. The first-order valence-electron chi connectivity index (χ1n) is 10.2. The molecule has 1 aliphatic heterocycles.